The highest BCUT2D eigenvalue weighted by Gasteiger charge is 2.34. The molecular formula is C17H16BrNO6S. The van der Waals surface area contributed by atoms with Crippen molar-refractivity contribution in [1.82, 2.24) is 0 Å². The lowest BCUT2D eigenvalue weighted by atomic mass is 10.1. The fourth-order valence-electron chi connectivity index (χ4n) is 2.69. The van der Waals surface area contributed by atoms with Gasteiger partial charge in [0.05, 0.1) is 31.7 Å². The van der Waals surface area contributed by atoms with E-state index in [4.69, 9.17) is 13.9 Å². The van der Waals surface area contributed by atoms with E-state index in [2.05, 4.69) is 15.9 Å². The number of carbonyl (C=O) groups excluding carboxylic acids is 1. The molecule has 9 heteroatoms. The number of hydrogen-bond acceptors (Lipinski definition) is 6. The number of anilines is 1. The number of ether oxygens (including phenoxy) is 2. The van der Waals surface area contributed by atoms with E-state index in [-0.39, 0.29) is 11.5 Å². The van der Waals surface area contributed by atoms with Gasteiger partial charge >= 0.3 is 0 Å². The van der Waals surface area contributed by atoms with Crippen molar-refractivity contribution < 1.29 is 27.1 Å². The molecule has 1 atom stereocenters. The van der Waals surface area contributed by atoms with Crippen molar-refractivity contribution >= 4 is 37.4 Å². The van der Waals surface area contributed by atoms with Gasteiger partial charge in [0, 0.05) is 11.5 Å². The molecule has 0 saturated heterocycles. The predicted octanol–water partition coefficient (Wildman–Crippen LogP) is 3.02. The molecule has 0 bridgehead atoms. The van der Waals surface area contributed by atoms with Crippen LogP contribution in [0.15, 0.2) is 50.9 Å². The monoisotopic (exact) mass is 441 g/mol. The third kappa shape index (κ3) is 3.63. The topological polar surface area (TPSA) is 86.0 Å². The van der Waals surface area contributed by atoms with Crippen LogP contribution in [0, 0.1) is 0 Å². The van der Waals surface area contributed by atoms with Crippen LogP contribution in [0.3, 0.4) is 0 Å². The summed E-state index contributed by atoms with van der Waals surface area (Å²) in [4.78, 5) is 14.4. The van der Waals surface area contributed by atoms with Gasteiger partial charge in [-0.3, -0.25) is 9.69 Å². The molecule has 0 radical (unpaired) electrons. The van der Waals surface area contributed by atoms with Crippen molar-refractivity contribution in [3.63, 3.8) is 0 Å². The van der Waals surface area contributed by atoms with Gasteiger partial charge < -0.3 is 13.9 Å². The van der Waals surface area contributed by atoms with Crippen molar-refractivity contribution in [2.24, 2.45) is 0 Å². The van der Waals surface area contributed by atoms with E-state index in [0.29, 0.717) is 21.9 Å². The Labute approximate surface area is 159 Å². The molecule has 0 N–H and O–H groups in total. The first-order chi connectivity index (χ1) is 12.3. The van der Waals surface area contributed by atoms with Crippen molar-refractivity contribution in [3.8, 4) is 11.5 Å². The van der Waals surface area contributed by atoms with Crippen LogP contribution < -0.4 is 14.4 Å². The Bertz CT molecular complexity index is 965. The molecule has 0 spiro atoms. The second-order valence-electron chi connectivity index (χ2n) is 5.54. The molecule has 1 amide bonds. The van der Waals surface area contributed by atoms with Gasteiger partial charge in [0.15, 0.2) is 20.3 Å². The number of methoxy groups -OCH3 is 2. The van der Waals surface area contributed by atoms with Gasteiger partial charge in [-0.05, 0) is 46.3 Å². The highest BCUT2D eigenvalue weighted by atomic mass is 79.9. The van der Waals surface area contributed by atoms with E-state index >= 15 is 0 Å². The van der Waals surface area contributed by atoms with Gasteiger partial charge in [-0.15, -0.1) is 0 Å². The van der Waals surface area contributed by atoms with Crippen molar-refractivity contribution in [1.29, 1.82) is 0 Å². The van der Waals surface area contributed by atoms with Gasteiger partial charge in [0.25, 0.3) is 5.91 Å². The standard InChI is InChI=1S/C17H16BrNO6S/c1-23-12-3-4-13(15(9-12)24-2)19(11-7-8-26(21,22)10-11)17(20)14-5-6-16(18)25-14/h3-9,11H,10H2,1-2H3/t11-/m1/s1. The van der Waals surface area contributed by atoms with Crippen LogP contribution in [0.25, 0.3) is 0 Å². The molecule has 2 heterocycles. The maximum Gasteiger partial charge on any atom is 0.294 e. The summed E-state index contributed by atoms with van der Waals surface area (Å²) in [5, 5.41) is 1.12. The van der Waals surface area contributed by atoms with Gasteiger partial charge in [-0.1, -0.05) is 0 Å². The summed E-state index contributed by atoms with van der Waals surface area (Å²) in [7, 11) is -0.389. The molecule has 2 aromatic rings. The number of carbonyl (C=O) groups is 1. The maximum absolute atomic E-state index is 13.1. The fraction of sp³-hybridized carbons (Fsp3) is 0.235. The molecule has 3 rings (SSSR count). The summed E-state index contributed by atoms with van der Waals surface area (Å²) >= 11 is 3.17. The molecule has 1 aliphatic heterocycles. The van der Waals surface area contributed by atoms with Crippen LogP contribution >= 0.6 is 15.9 Å². The van der Waals surface area contributed by atoms with E-state index in [0.717, 1.165) is 5.41 Å². The van der Waals surface area contributed by atoms with E-state index < -0.39 is 21.8 Å². The zero-order valence-electron chi connectivity index (χ0n) is 14.0. The highest BCUT2D eigenvalue weighted by molar-refractivity contribution is 9.10. The minimum atomic E-state index is -3.37. The Balaban J connectivity index is 2.09. The molecule has 7 nitrogen and oxygen atoms in total. The molecular weight excluding hydrogens is 426 g/mol. The molecule has 26 heavy (non-hydrogen) atoms. The molecule has 138 valence electrons. The first-order valence-electron chi connectivity index (χ1n) is 7.56. The van der Waals surface area contributed by atoms with Crippen LogP contribution in [0.5, 0.6) is 11.5 Å². The number of rotatable bonds is 5. The summed E-state index contributed by atoms with van der Waals surface area (Å²) < 4.78 is 40.1. The zero-order valence-corrected chi connectivity index (χ0v) is 16.4. The van der Waals surface area contributed by atoms with Gasteiger partial charge in [0.1, 0.15) is 11.5 Å². The molecule has 1 aliphatic rings. The average Bonchev–Trinajstić information content (AvgIpc) is 3.20. The van der Waals surface area contributed by atoms with E-state index in [1.54, 1.807) is 24.3 Å². The molecule has 0 unspecified atom stereocenters. The first-order valence-corrected chi connectivity index (χ1v) is 10.1. The largest absolute Gasteiger partial charge is 0.497 e. The lowest BCUT2D eigenvalue weighted by Crippen LogP contribution is -2.41. The van der Waals surface area contributed by atoms with Crippen LogP contribution in [0.2, 0.25) is 0 Å². The number of nitrogens with zero attached hydrogens (tertiary/aromatic N) is 1. The minimum absolute atomic E-state index is 0.0763. The third-order valence-corrected chi connectivity index (χ3v) is 5.70. The summed E-state index contributed by atoms with van der Waals surface area (Å²) in [6.07, 6.45) is 1.48. The maximum atomic E-state index is 13.1. The normalized spacial score (nSPS) is 17.9. The van der Waals surface area contributed by atoms with Crippen LogP contribution in [0.1, 0.15) is 10.6 Å². The quantitative estimate of drug-likeness (QED) is 0.708. The SMILES string of the molecule is COc1ccc(N(C(=O)c2ccc(Br)o2)[C@@H]2C=CS(=O)(=O)C2)c(OC)c1. The van der Waals surface area contributed by atoms with Crippen molar-refractivity contribution in [3.05, 3.63) is 52.2 Å². The zero-order chi connectivity index (χ0) is 18.9. The van der Waals surface area contributed by atoms with E-state index in [9.17, 15) is 13.2 Å². The second-order valence-corrected chi connectivity index (χ2v) is 8.25. The number of benzene rings is 1. The molecule has 1 aromatic carbocycles. The number of halogens is 1. The van der Waals surface area contributed by atoms with Crippen molar-refractivity contribution in [2.45, 2.75) is 6.04 Å². The van der Waals surface area contributed by atoms with E-state index in [1.165, 1.54) is 31.3 Å². The fourth-order valence-corrected chi connectivity index (χ4v) is 4.27. The third-order valence-electron chi connectivity index (χ3n) is 3.89. The van der Waals surface area contributed by atoms with Crippen LogP contribution in [0.4, 0.5) is 5.69 Å². The van der Waals surface area contributed by atoms with Crippen molar-refractivity contribution in [2.75, 3.05) is 24.9 Å². The van der Waals surface area contributed by atoms with Gasteiger partial charge in [-0.25, -0.2) is 8.42 Å². The average molecular weight is 442 g/mol. The van der Waals surface area contributed by atoms with Crippen LogP contribution in [-0.2, 0) is 9.84 Å². The molecule has 0 fully saturated rings. The summed E-state index contributed by atoms with van der Waals surface area (Å²) in [5.41, 5.74) is 0.414. The van der Waals surface area contributed by atoms with Gasteiger partial charge in [0.2, 0.25) is 0 Å². The lowest BCUT2D eigenvalue weighted by molar-refractivity contribution is 0.0954. The summed E-state index contributed by atoms with van der Waals surface area (Å²) in [6, 6.07) is 7.37. The van der Waals surface area contributed by atoms with Crippen LogP contribution in [-0.4, -0.2) is 40.3 Å². The Morgan fingerprint density at radius 1 is 1.23 bits per heavy atom. The Morgan fingerprint density at radius 3 is 2.54 bits per heavy atom. The van der Waals surface area contributed by atoms with E-state index in [1.807, 2.05) is 0 Å². The number of hydrogen-bond donors (Lipinski definition) is 0. The molecule has 0 aliphatic carbocycles. The Hall–Kier alpha value is -2.26. The Morgan fingerprint density at radius 2 is 2.00 bits per heavy atom. The number of amides is 1. The molecule has 0 saturated carbocycles. The first kappa shape index (κ1) is 18.5. The number of furan rings is 1. The minimum Gasteiger partial charge on any atom is -0.497 e. The number of sulfone groups is 1. The summed E-state index contributed by atoms with van der Waals surface area (Å²) in [5.74, 6) is 0.309. The summed E-state index contributed by atoms with van der Waals surface area (Å²) in [6.45, 7) is 0. The highest BCUT2D eigenvalue weighted by Crippen LogP contribution is 2.36. The van der Waals surface area contributed by atoms with Gasteiger partial charge in [-0.2, -0.15) is 0 Å². The predicted molar refractivity (Wildman–Crippen MR) is 99.5 cm³/mol. The lowest BCUT2D eigenvalue weighted by Gasteiger charge is -2.28. The second kappa shape index (κ2) is 7.16. The Kier molecular flexibility index (Phi) is 5.10. The smallest absolute Gasteiger partial charge is 0.294 e. The molecule has 1 aromatic heterocycles.